The summed E-state index contributed by atoms with van der Waals surface area (Å²) in [4.78, 5) is 26.8. The van der Waals surface area contributed by atoms with Crippen LogP contribution in [0.5, 0.6) is 0 Å². The lowest BCUT2D eigenvalue weighted by molar-refractivity contribution is -0.138. The first-order chi connectivity index (χ1) is 12.8. The van der Waals surface area contributed by atoms with Crippen molar-refractivity contribution >= 4 is 11.9 Å². The molecule has 1 atom stereocenters. The monoisotopic (exact) mass is 374 g/mol. The molecule has 7 heteroatoms. The summed E-state index contributed by atoms with van der Waals surface area (Å²) in [6.45, 7) is 13.6. The third-order valence-electron chi connectivity index (χ3n) is 5.91. The Labute approximate surface area is 161 Å². The van der Waals surface area contributed by atoms with Crippen molar-refractivity contribution in [3.63, 3.8) is 0 Å². The molecule has 4 heterocycles. The number of hydrogen-bond acceptors (Lipinski definition) is 6. The van der Waals surface area contributed by atoms with E-state index in [9.17, 15) is 4.79 Å². The van der Waals surface area contributed by atoms with Crippen molar-refractivity contribution in [2.45, 2.75) is 46.1 Å². The predicted octanol–water partition coefficient (Wildman–Crippen LogP) is 1.67. The van der Waals surface area contributed by atoms with Crippen LogP contribution in [0, 0.1) is 12.3 Å². The number of aryl methyl sites for hydroxylation is 1. The van der Waals surface area contributed by atoms with Crippen molar-refractivity contribution in [3.05, 3.63) is 17.0 Å². The Morgan fingerprint density at radius 3 is 2.56 bits per heavy atom. The molecule has 3 aliphatic rings. The zero-order valence-electron chi connectivity index (χ0n) is 16.9. The van der Waals surface area contributed by atoms with Crippen molar-refractivity contribution in [3.8, 4) is 0 Å². The molecule has 27 heavy (non-hydrogen) atoms. The van der Waals surface area contributed by atoms with E-state index in [1.54, 1.807) is 0 Å². The summed E-state index contributed by atoms with van der Waals surface area (Å²) < 4.78 is 11.4. The van der Waals surface area contributed by atoms with Gasteiger partial charge in [-0.15, -0.1) is 0 Å². The van der Waals surface area contributed by atoms with Crippen LogP contribution in [0.3, 0.4) is 0 Å². The number of amides is 1. The van der Waals surface area contributed by atoms with Crippen LogP contribution in [0.15, 0.2) is 0 Å². The van der Waals surface area contributed by atoms with Crippen molar-refractivity contribution in [1.82, 2.24) is 14.9 Å². The Balaban J connectivity index is 1.68. The summed E-state index contributed by atoms with van der Waals surface area (Å²) in [7, 11) is 0. The number of fused-ring (bicyclic) bond motifs is 2. The summed E-state index contributed by atoms with van der Waals surface area (Å²) in [5, 5.41) is 0. The van der Waals surface area contributed by atoms with E-state index >= 15 is 0 Å². The number of hydrogen-bond donors (Lipinski definition) is 0. The maximum absolute atomic E-state index is 12.8. The molecule has 2 saturated heterocycles. The average molecular weight is 374 g/mol. The van der Waals surface area contributed by atoms with Gasteiger partial charge >= 0.3 is 0 Å². The highest BCUT2D eigenvalue weighted by molar-refractivity contribution is 5.82. The van der Waals surface area contributed by atoms with E-state index in [0.29, 0.717) is 33.0 Å². The highest BCUT2D eigenvalue weighted by Gasteiger charge is 2.48. The van der Waals surface area contributed by atoms with E-state index in [-0.39, 0.29) is 16.7 Å². The lowest BCUT2D eigenvalue weighted by atomic mass is 9.80. The lowest BCUT2D eigenvalue weighted by Gasteiger charge is -2.37. The fourth-order valence-corrected chi connectivity index (χ4v) is 4.35. The van der Waals surface area contributed by atoms with Gasteiger partial charge < -0.3 is 19.3 Å². The molecule has 0 aromatic carbocycles. The molecule has 7 nitrogen and oxygen atoms in total. The SMILES string of the molecule is Cc1nc(N2CCOCC2)nc2c1COC[C@@]21CCN(C(=O)C(C)(C)C)C1. The molecule has 0 radical (unpaired) electrons. The van der Waals surface area contributed by atoms with E-state index in [0.717, 1.165) is 49.0 Å². The van der Waals surface area contributed by atoms with Gasteiger partial charge in [-0.1, -0.05) is 20.8 Å². The minimum absolute atomic E-state index is 0.200. The average Bonchev–Trinajstić information content (AvgIpc) is 3.06. The first-order valence-corrected chi connectivity index (χ1v) is 9.88. The second-order valence-corrected chi connectivity index (χ2v) is 9.04. The topological polar surface area (TPSA) is 67.8 Å². The van der Waals surface area contributed by atoms with Gasteiger partial charge in [0.25, 0.3) is 0 Å². The third kappa shape index (κ3) is 3.31. The maximum Gasteiger partial charge on any atom is 0.227 e. The predicted molar refractivity (Wildman–Crippen MR) is 102 cm³/mol. The fraction of sp³-hybridized carbons (Fsp3) is 0.750. The van der Waals surface area contributed by atoms with Gasteiger partial charge in [0.15, 0.2) is 0 Å². The number of carbonyl (C=O) groups excluding carboxylic acids is 1. The van der Waals surface area contributed by atoms with Gasteiger partial charge in [0, 0.05) is 42.9 Å². The molecule has 2 fully saturated rings. The molecule has 148 valence electrons. The zero-order valence-corrected chi connectivity index (χ0v) is 16.9. The number of morpholine rings is 1. The number of anilines is 1. The van der Waals surface area contributed by atoms with Gasteiger partial charge in [0.1, 0.15) is 0 Å². The van der Waals surface area contributed by atoms with Gasteiger partial charge in [-0.2, -0.15) is 0 Å². The summed E-state index contributed by atoms with van der Waals surface area (Å²) in [6, 6.07) is 0. The first kappa shape index (κ1) is 18.6. The number of carbonyl (C=O) groups is 1. The number of nitrogens with zero attached hydrogens (tertiary/aromatic N) is 4. The fourth-order valence-electron chi connectivity index (χ4n) is 4.35. The first-order valence-electron chi connectivity index (χ1n) is 9.88. The van der Waals surface area contributed by atoms with Crippen molar-refractivity contribution in [2.75, 3.05) is 50.9 Å². The molecule has 3 aliphatic heterocycles. The van der Waals surface area contributed by atoms with Crippen LogP contribution in [-0.2, 0) is 26.3 Å². The molecule has 1 aromatic rings. The van der Waals surface area contributed by atoms with Gasteiger partial charge in [0.2, 0.25) is 11.9 Å². The van der Waals surface area contributed by atoms with Crippen LogP contribution < -0.4 is 4.90 Å². The Kier molecular flexibility index (Phi) is 4.63. The molecule has 1 amide bonds. The summed E-state index contributed by atoms with van der Waals surface area (Å²) in [6.07, 6.45) is 0.890. The Morgan fingerprint density at radius 1 is 1.11 bits per heavy atom. The summed E-state index contributed by atoms with van der Waals surface area (Å²) >= 11 is 0. The van der Waals surface area contributed by atoms with Gasteiger partial charge in [-0.3, -0.25) is 4.79 Å². The molecular formula is C20H30N4O3. The number of likely N-dealkylation sites (tertiary alicyclic amines) is 1. The Bertz CT molecular complexity index is 739. The molecule has 0 bridgehead atoms. The van der Waals surface area contributed by atoms with E-state index in [2.05, 4.69) is 4.90 Å². The van der Waals surface area contributed by atoms with Gasteiger partial charge in [0.05, 0.1) is 37.5 Å². The highest BCUT2D eigenvalue weighted by atomic mass is 16.5. The van der Waals surface area contributed by atoms with Crippen molar-refractivity contribution in [1.29, 1.82) is 0 Å². The van der Waals surface area contributed by atoms with Crippen LogP contribution in [0.4, 0.5) is 5.95 Å². The minimum atomic E-state index is -0.371. The second-order valence-electron chi connectivity index (χ2n) is 9.04. The van der Waals surface area contributed by atoms with Crippen LogP contribution in [0.2, 0.25) is 0 Å². The standard InChI is InChI=1S/C20H30N4O3/c1-14-15-11-27-13-20(5-6-24(12-20)17(25)19(2,3)4)16(15)22-18(21-14)23-7-9-26-10-8-23/h5-13H2,1-4H3/t20-/m0/s1. The minimum Gasteiger partial charge on any atom is -0.378 e. The molecule has 0 aliphatic carbocycles. The normalized spacial score (nSPS) is 25.8. The maximum atomic E-state index is 12.8. The molecule has 0 unspecified atom stereocenters. The van der Waals surface area contributed by atoms with Crippen LogP contribution in [0.25, 0.3) is 0 Å². The Morgan fingerprint density at radius 2 is 1.85 bits per heavy atom. The highest BCUT2D eigenvalue weighted by Crippen LogP contribution is 2.41. The molecule has 1 aromatic heterocycles. The van der Waals surface area contributed by atoms with Crippen LogP contribution in [-0.4, -0.2) is 66.8 Å². The van der Waals surface area contributed by atoms with Gasteiger partial charge in [-0.25, -0.2) is 9.97 Å². The van der Waals surface area contributed by atoms with E-state index in [1.165, 1.54) is 0 Å². The molecule has 1 spiro atoms. The number of rotatable bonds is 1. The molecular weight excluding hydrogens is 344 g/mol. The van der Waals surface area contributed by atoms with Crippen molar-refractivity contribution in [2.24, 2.45) is 5.41 Å². The Hall–Kier alpha value is -1.73. The largest absolute Gasteiger partial charge is 0.378 e. The number of ether oxygens (including phenoxy) is 2. The summed E-state index contributed by atoms with van der Waals surface area (Å²) in [5.74, 6) is 0.988. The molecule has 0 N–H and O–H groups in total. The van der Waals surface area contributed by atoms with Crippen LogP contribution in [0.1, 0.15) is 44.1 Å². The summed E-state index contributed by atoms with van der Waals surface area (Å²) in [5.41, 5.74) is 2.59. The third-order valence-corrected chi connectivity index (χ3v) is 5.91. The zero-order chi connectivity index (χ0) is 19.2. The van der Waals surface area contributed by atoms with Gasteiger partial charge in [-0.05, 0) is 13.3 Å². The smallest absolute Gasteiger partial charge is 0.227 e. The lowest BCUT2D eigenvalue weighted by Crippen LogP contribution is -2.45. The van der Waals surface area contributed by atoms with Crippen molar-refractivity contribution < 1.29 is 14.3 Å². The van der Waals surface area contributed by atoms with Crippen LogP contribution >= 0.6 is 0 Å². The van der Waals surface area contributed by atoms with E-state index in [1.807, 2.05) is 32.6 Å². The molecule has 0 saturated carbocycles. The number of aromatic nitrogens is 2. The van der Waals surface area contributed by atoms with E-state index < -0.39 is 0 Å². The van der Waals surface area contributed by atoms with E-state index in [4.69, 9.17) is 19.4 Å². The second kappa shape index (κ2) is 6.71. The quantitative estimate of drug-likeness (QED) is 0.745. The molecule has 4 rings (SSSR count).